The molecule has 0 radical (unpaired) electrons. The van der Waals surface area contributed by atoms with Crippen LogP contribution < -0.4 is 16.8 Å². The fraction of sp³-hybridized carbons (Fsp3) is 0.500. The summed E-state index contributed by atoms with van der Waals surface area (Å²) in [5, 5.41) is 3.61. The number of hydrogen-bond donors (Lipinski definition) is 3. The zero-order valence-corrected chi connectivity index (χ0v) is 15.3. The summed E-state index contributed by atoms with van der Waals surface area (Å²) in [5.74, 6) is 0.971. The fourth-order valence-electron chi connectivity index (χ4n) is 2.01. The monoisotopic (exact) mass is 359 g/mol. The molecule has 1 unspecified atom stereocenters. The third-order valence-corrected chi connectivity index (χ3v) is 3.66. The van der Waals surface area contributed by atoms with Crippen LogP contribution in [0.5, 0.6) is 0 Å². The van der Waals surface area contributed by atoms with Gasteiger partial charge in [0.1, 0.15) is 0 Å². The summed E-state index contributed by atoms with van der Waals surface area (Å²) >= 11 is 5.82. The zero-order chi connectivity index (χ0) is 16.4. The van der Waals surface area contributed by atoms with Crippen LogP contribution in [0.25, 0.3) is 0 Å². The molecular weight excluding hydrogens is 333 g/mol. The van der Waals surface area contributed by atoms with Crippen molar-refractivity contribution in [2.75, 3.05) is 11.9 Å². The number of unbranched alkanes of at least 4 members (excludes halogenated alkanes) is 1. The van der Waals surface area contributed by atoms with Crippen molar-refractivity contribution >= 4 is 41.6 Å². The Kier molecular flexibility index (Phi) is 11.3. The van der Waals surface area contributed by atoms with Crippen LogP contribution >= 0.6 is 24.0 Å². The number of aliphatic imine (C=N–C) groups is 2. The quantitative estimate of drug-likeness (QED) is 0.507. The molecule has 130 valence electrons. The molecule has 1 aromatic rings. The molecule has 0 aromatic heterocycles. The van der Waals surface area contributed by atoms with E-state index >= 15 is 0 Å². The molecule has 0 aliphatic rings. The summed E-state index contributed by atoms with van der Waals surface area (Å²) < 4.78 is 0. The van der Waals surface area contributed by atoms with Crippen LogP contribution in [0.3, 0.4) is 0 Å². The van der Waals surface area contributed by atoms with E-state index in [0.29, 0.717) is 17.5 Å². The maximum absolute atomic E-state index is 5.82. The molecule has 1 atom stereocenters. The van der Waals surface area contributed by atoms with Crippen LogP contribution in [0.15, 0.2) is 34.3 Å². The van der Waals surface area contributed by atoms with Gasteiger partial charge in [-0.15, -0.1) is 12.4 Å². The second-order valence-corrected chi connectivity index (χ2v) is 5.68. The van der Waals surface area contributed by atoms with Gasteiger partial charge in [-0.1, -0.05) is 44.7 Å². The minimum Gasteiger partial charge on any atom is -0.369 e. The van der Waals surface area contributed by atoms with Crippen LogP contribution in [-0.2, 0) is 0 Å². The van der Waals surface area contributed by atoms with Crippen molar-refractivity contribution in [3.63, 3.8) is 0 Å². The zero-order valence-electron chi connectivity index (χ0n) is 13.8. The minimum atomic E-state index is 0. The van der Waals surface area contributed by atoms with E-state index in [2.05, 4.69) is 29.1 Å². The highest BCUT2D eigenvalue weighted by atomic mass is 35.5. The first-order valence-electron chi connectivity index (χ1n) is 7.71. The third-order valence-electron chi connectivity index (χ3n) is 3.41. The van der Waals surface area contributed by atoms with Crippen molar-refractivity contribution in [2.24, 2.45) is 27.4 Å². The molecular formula is C16H27Cl2N5. The molecule has 0 aliphatic carbocycles. The van der Waals surface area contributed by atoms with Gasteiger partial charge in [0.15, 0.2) is 0 Å². The predicted octanol–water partition coefficient (Wildman–Crippen LogP) is 4.02. The summed E-state index contributed by atoms with van der Waals surface area (Å²) in [4.78, 5) is 8.37. The van der Waals surface area contributed by atoms with Gasteiger partial charge >= 0.3 is 0 Å². The highest BCUT2D eigenvalue weighted by molar-refractivity contribution is 6.30. The van der Waals surface area contributed by atoms with Crippen LogP contribution in [0.4, 0.5) is 5.69 Å². The first kappa shape index (κ1) is 21.5. The highest BCUT2D eigenvalue weighted by Gasteiger charge is 2.05. The molecule has 5 N–H and O–H groups in total. The molecule has 1 aromatic carbocycles. The van der Waals surface area contributed by atoms with Crippen LogP contribution in [-0.4, -0.2) is 18.5 Å². The van der Waals surface area contributed by atoms with E-state index in [-0.39, 0.29) is 24.3 Å². The Morgan fingerprint density at radius 1 is 1.22 bits per heavy atom. The van der Waals surface area contributed by atoms with E-state index in [1.54, 1.807) is 12.1 Å². The van der Waals surface area contributed by atoms with Gasteiger partial charge in [-0.2, -0.15) is 4.99 Å². The smallest absolute Gasteiger partial charge is 0.218 e. The lowest BCUT2D eigenvalue weighted by Gasteiger charge is -2.11. The largest absolute Gasteiger partial charge is 0.369 e. The fourth-order valence-corrected chi connectivity index (χ4v) is 2.13. The lowest BCUT2D eigenvalue weighted by molar-refractivity contribution is 0.462. The van der Waals surface area contributed by atoms with Gasteiger partial charge in [-0.05, 0) is 36.6 Å². The Labute approximate surface area is 150 Å². The molecule has 23 heavy (non-hydrogen) atoms. The van der Waals surface area contributed by atoms with E-state index < -0.39 is 0 Å². The summed E-state index contributed by atoms with van der Waals surface area (Å²) in [6.45, 7) is 5.06. The Balaban J connectivity index is 0.00000484. The Bertz CT molecular complexity index is 500. The molecule has 0 amide bonds. The average molecular weight is 360 g/mol. The molecule has 0 heterocycles. The minimum absolute atomic E-state index is 0. The van der Waals surface area contributed by atoms with Gasteiger partial charge in [0, 0.05) is 17.3 Å². The highest BCUT2D eigenvalue weighted by Crippen LogP contribution is 2.13. The lowest BCUT2D eigenvalue weighted by Crippen LogP contribution is -2.26. The van der Waals surface area contributed by atoms with Gasteiger partial charge in [0.2, 0.25) is 11.9 Å². The number of rotatable bonds is 7. The van der Waals surface area contributed by atoms with Gasteiger partial charge in [-0.3, -0.25) is 4.99 Å². The predicted molar refractivity (Wildman–Crippen MR) is 104 cm³/mol. The van der Waals surface area contributed by atoms with Gasteiger partial charge in [0.05, 0.1) is 0 Å². The number of guanidine groups is 2. The summed E-state index contributed by atoms with van der Waals surface area (Å²) in [7, 11) is 0. The van der Waals surface area contributed by atoms with Gasteiger partial charge in [-0.25, -0.2) is 0 Å². The van der Waals surface area contributed by atoms with Crippen molar-refractivity contribution in [1.82, 2.24) is 0 Å². The standard InChI is InChI=1S/C16H26ClN5.ClH/c1-3-5-6-12(4-2)11-20-15(18)22-16(19)21-14-9-7-13(17)8-10-14;/h7-10,12H,3-6,11H2,1-2H3,(H5,18,19,20,21,22);1H. The number of nitrogens with two attached hydrogens (primary N) is 2. The number of anilines is 1. The molecule has 0 saturated heterocycles. The van der Waals surface area contributed by atoms with E-state index in [4.69, 9.17) is 23.1 Å². The Morgan fingerprint density at radius 3 is 2.43 bits per heavy atom. The number of nitrogens with zero attached hydrogens (tertiary/aromatic N) is 2. The van der Waals surface area contributed by atoms with E-state index in [1.807, 2.05) is 12.1 Å². The third kappa shape index (κ3) is 9.31. The maximum atomic E-state index is 5.82. The molecule has 0 spiro atoms. The molecule has 0 aliphatic heterocycles. The number of hydrogen-bond acceptors (Lipinski definition) is 1. The van der Waals surface area contributed by atoms with E-state index in [0.717, 1.165) is 12.1 Å². The topological polar surface area (TPSA) is 88.8 Å². The molecule has 7 heteroatoms. The van der Waals surface area contributed by atoms with Gasteiger partial charge < -0.3 is 16.8 Å². The number of halogens is 2. The normalized spacial score (nSPS) is 13.3. The number of nitrogens with one attached hydrogen (secondary N) is 1. The van der Waals surface area contributed by atoms with Crippen molar-refractivity contribution in [3.8, 4) is 0 Å². The molecule has 5 nitrogen and oxygen atoms in total. The van der Waals surface area contributed by atoms with Crippen molar-refractivity contribution in [3.05, 3.63) is 29.3 Å². The second-order valence-electron chi connectivity index (χ2n) is 5.24. The molecule has 0 fully saturated rings. The lowest BCUT2D eigenvalue weighted by atomic mass is 10.00. The number of benzene rings is 1. The molecule has 0 saturated carbocycles. The second kappa shape index (κ2) is 12.0. The molecule has 1 rings (SSSR count). The summed E-state index contributed by atoms with van der Waals surface area (Å²) in [5.41, 5.74) is 12.4. The molecule has 0 bridgehead atoms. The SMILES string of the molecule is CCCCC(CC)CN=C(N)/N=C(\N)Nc1ccc(Cl)cc1.Cl. The van der Waals surface area contributed by atoms with Crippen LogP contribution in [0.1, 0.15) is 39.5 Å². The Hall–Kier alpha value is -1.46. The van der Waals surface area contributed by atoms with Crippen molar-refractivity contribution in [2.45, 2.75) is 39.5 Å². The first-order valence-corrected chi connectivity index (χ1v) is 8.09. The summed E-state index contributed by atoms with van der Waals surface area (Å²) in [6.07, 6.45) is 4.69. The Morgan fingerprint density at radius 2 is 1.87 bits per heavy atom. The van der Waals surface area contributed by atoms with Gasteiger partial charge in [0.25, 0.3) is 0 Å². The van der Waals surface area contributed by atoms with Crippen molar-refractivity contribution < 1.29 is 0 Å². The average Bonchev–Trinajstić information content (AvgIpc) is 2.49. The first-order chi connectivity index (χ1) is 10.5. The summed E-state index contributed by atoms with van der Waals surface area (Å²) in [6, 6.07) is 7.17. The van der Waals surface area contributed by atoms with Crippen LogP contribution in [0, 0.1) is 5.92 Å². The van der Waals surface area contributed by atoms with E-state index in [9.17, 15) is 0 Å². The van der Waals surface area contributed by atoms with Crippen molar-refractivity contribution in [1.29, 1.82) is 0 Å². The van der Waals surface area contributed by atoms with Crippen LogP contribution in [0.2, 0.25) is 5.02 Å². The van der Waals surface area contributed by atoms with E-state index in [1.165, 1.54) is 19.3 Å². The maximum Gasteiger partial charge on any atom is 0.218 e.